The third kappa shape index (κ3) is 3.52. The van der Waals surface area contributed by atoms with E-state index in [1.807, 2.05) is 6.20 Å². The van der Waals surface area contributed by atoms with E-state index in [1.165, 1.54) is 36.9 Å². The van der Waals surface area contributed by atoms with Crippen LogP contribution in [0.2, 0.25) is 0 Å². The van der Waals surface area contributed by atoms with Crippen LogP contribution in [0.15, 0.2) is 30.5 Å². The third-order valence-electron chi connectivity index (χ3n) is 6.19. The van der Waals surface area contributed by atoms with Crippen LogP contribution in [0.3, 0.4) is 0 Å². The van der Waals surface area contributed by atoms with Crippen molar-refractivity contribution >= 4 is 23.1 Å². The molecule has 7 heteroatoms. The van der Waals surface area contributed by atoms with Crippen molar-refractivity contribution < 1.29 is 0 Å². The fourth-order valence-corrected chi connectivity index (χ4v) is 4.45. The molecular weight excluding hydrogens is 350 g/mol. The molecule has 5 rings (SSSR count). The molecule has 2 N–H and O–H groups in total. The Morgan fingerprint density at radius 1 is 1.04 bits per heavy atom. The van der Waals surface area contributed by atoms with Gasteiger partial charge in [0.1, 0.15) is 0 Å². The minimum absolute atomic E-state index is 0.562. The van der Waals surface area contributed by atoms with Crippen molar-refractivity contribution in [2.24, 2.45) is 0 Å². The topological polar surface area (TPSA) is 59.6 Å². The van der Waals surface area contributed by atoms with Crippen molar-refractivity contribution in [2.75, 3.05) is 48.5 Å². The van der Waals surface area contributed by atoms with Gasteiger partial charge in [-0.05, 0) is 44.2 Å². The molecule has 28 heavy (non-hydrogen) atoms. The summed E-state index contributed by atoms with van der Waals surface area (Å²) in [6.07, 6.45) is 7.06. The highest BCUT2D eigenvalue weighted by Gasteiger charge is 2.30. The van der Waals surface area contributed by atoms with Gasteiger partial charge < -0.3 is 15.1 Å². The van der Waals surface area contributed by atoms with Crippen LogP contribution in [0.25, 0.3) is 0 Å². The molecule has 0 amide bonds. The lowest BCUT2D eigenvalue weighted by molar-refractivity contribution is 0.313. The minimum Gasteiger partial charge on any atom is -0.369 e. The van der Waals surface area contributed by atoms with Crippen LogP contribution in [-0.4, -0.2) is 54.1 Å². The summed E-state index contributed by atoms with van der Waals surface area (Å²) in [5.74, 6) is 1.70. The monoisotopic (exact) mass is 379 g/mol. The first-order valence-corrected chi connectivity index (χ1v) is 10.5. The molecule has 0 bridgehead atoms. The van der Waals surface area contributed by atoms with E-state index in [2.05, 4.69) is 61.8 Å². The molecule has 1 aliphatic carbocycles. The first-order valence-electron chi connectivity index (χ1n) is 10.5. The Labute approximate surface area is 166 Å². The largest absolute Gasteiger partial charge is 0.369 e. The first-order chi connectivity index (χ1) is 13.8. The Hall–Kier alpha value is -2.38. The van der Waals surface area contributed by atoms with Gasteiger partial charge in [-0.15, -0.1) is 0 Å². The van der Waals surface area contributed by atoms with Crippen molar-refractivity contribution in [3.63, 3.8) is 0 Å². The van der Waals surface area contributed by atoms with Crippen LogP contribution in [0.1, 0.15) is 31.2 Å². The van der Waals surface area contributed by atoms with Gasteiger partial charge >= 0.3 is 0 Å². The second-order valence-electron chi connectivity index (χ2n) is 8.15. The number of fused-ring (bicyclic) bond motifs is 1. The number of nitrogens with zero attached hydrogens (tertiary/aromatic N) is 5. The summed E-state index contributed by atoms with van der Waals surface area (Å²) >= 11 is 0. The number of benzene rings is 1. The minimum atomic E-state index is 0.562. The molecule has 0 atom stereocenters. The average Bonchev–Trinajstić information content (AvgIpc) is 3.38. The molecule has 3 heterocycles. The van der Waals surface area contributed by atoms with Crippen molar-refractivity contribution in [2.45, 2.75) is 38.3 Å². The molecule has 7 nitrogen and oxygen atoms in total. The number of hydrogen-bond donors (Lipinski definition) is 2. The van der Waals surface area contributed by atoms with Gasteiger partial charge in [0.25, 0.3) is 0 Å². The van der Waals surface area contributed by atoms with Crippen molar-refractivity contribution in [3.05, 3.63) is 36.0 Å². The normalized spacial score (nSPS) is 20.6. The SMILES string of the molecule is CN1CCN(c2ccc(Nc3ncc4c(n3)N(C3CCCC3)NC4)cc2)CC1. The average molecular weight is 380 g/mol. The molecule has 2 aliphatic heterocycles. The standard InChI is InChI=1S/C21H29N7/c1-26-10-12-27(13-11-26)18-8-6-17(7-9-18)24-21-22-14-16-15-23-28(20(16)25-21)19-4-2-3-5-19/h6-9,14,19,23H,2-5,10-13,15H2,1H3,(H,22,24,25). The predicted molar refractivity (Wildman–Crippen MR) is 113 cm³/mol. The lowest BCUT2D eigenvalue weighted by Gasteiger charge is -2.34. The molecule has 0 radical (unpaired) electrons. The molecule has 1 aromatic heterocycles. The highest BCUT2D eigenvalue weighted by atomic mass is 15.6. The van der Waals surface area contributed by atoms with E-state index in [1.54, 1.807) is 0 Å². The summed E-state index contributed by atoms with van der Waals surface area (Å²) in [6, 6.07) is 9.18. The number of aromatic nitrogens is 2. The van der Waals surface area contributed by atoms with Gasteiger partial charge in [-0.25, -0.2) is 10.4 Å². The predicted octanol–water partition coefficient (Wildman–Crippen LogP) is 2.74. The Balaban J connectivity index is 1.28. The van der Waals surface area contributed by atoms with Gasteiger partial charge in [0.15, 0.2) is 5.82 Å². The third-order valence-corrected chi connectivity index (χ3v) is 6.19. The fourth-order valence-electron chi connectivity index (χ4n) is 4.45. The van der Waals surface area contributed by atoms with E-state index < -0.39 is 0 Å². The van der Waals surface area contributed by atoms with E-state index in [4.69, 9.17) is 4.98 Å². The van der Waals surface area contributed by atoms with Gasteiger partial charge in [-0.3, -0.25) is 5.01 Å². The molecule has 0 spiro atoms. The van der Waals surface area contributed by atoms with Crippen LogP contribution in [0.4, 0.5) is 23.1 Å². The Kier molecular flexibility index (Phi) is 4.78. The van der Waals surface area contributed by atoms with E-state index in [-0.39, 0.29) is 0 Å². The summed E-state index contributed by atoms with van der Waals surface area (Å²) in [6.45, 7) is 5.23. The zero-order valence-electron chi connectivity index (χ0n) is 16.6. The van der Waals surface area contributed by atoms with E-state index in [9.17, 15) is 0 Å². The number of hydrogen-bond acceptors (Lipinski definition) is 7. The van der Waals surface area contributed by atoms with Gasteiger partial charge in [0.2, 0.25) is 5.95 Å². The summed E-state index contributed by atoms with van der Waals surface area (Å²) in [5.41, 5.74) is 6.99. The smallest absolute Gasteiger partial charge is 0.229 e. The maximum absolute atomic E-state index is 4.82. The lowest BCUT2D eigenvalue weighted by Crippen LogP contribution is -2.44. The number of nitrogens with one attached hydrogen (secondary N) is 2. The zero-order chi connectivity index (χ0) is 18.9. The number of hydrazine groups is 1. The van der Waals surface area contributed by atoms with Gasteiger partial charge in [-0.2, -0.15) is 4.98 Å². The lowest BCUT2D eigenvalue weighted by atomic mass is 10.2. The number of likely N-dealkylation sites (N-methyl/N-ethyl adjacent to an activating group) is 1. The highest BCUT2D eigenvalue weighted by Crippen LogP contribution is 2.32. The first kappa shape index (κ1) is 17.7. The van der Waals surface area contributed by atoms with Crippen LogP contribution in [0, 0.1) is 0 Å². The summed E-state index contributed by atoms with van der Waals surface area (Å²) in [4.78, 5) is 14.2. The van der Waals surface area contributed by atoms with Crippen LogP contribution in [-0.2, 0) is 6.54 Å². The molecule has 1 saturated heterocycles. The molecule has 1 saturated carbocycles. The highest BCUT2D eigenvalue weighted by molar-refractivity contribution is 5.61. The Morgan fingerprint density at radius 2 is 1.79 bits per heavy atom. The van der Waals surface area contributed by atoms with Crippen LogP contribution < -0.4 is 20.7 Å². The van der Waals surface area contributed by atoms with E-state index in [0.717, 1.165) is 44.2 Å². The number of anilines is 4. The fraction of sp³-hybridized carbons (Fsp3) is 0.524. The Bertz CT molecular complexity index is 808. The molecule has 1 aromatic carbocycles. The second-order valence-corrected chi connectivity index (χ2v) is 8.15. The van der Waals surface area contributed by atoms with E-state index >= 15 is 0 Å². The molecule has 3 aliphatic rings. The van der Waals surface area contributed by atoms with Crippen molar-refractivity contribution in [3.8, 4) is 0 Å². The van der Waals surface area contributed by atoms with Crippen molar-refractivity contribution in [1.29, 1.82) is 0 Å². The molecule has 2 aromatic rings. The van der Waals surface area contributed by atoms with Gasteiger partial charge in [0.05, 0.1) is 0 Å². The quantitative estimate of drug-likeness (QED) is 0.847. The van der Waals surface area contributed by atoms with Gasteiger partial charge in [-0.1, -0.05) is 12.8 Å². The molecule has 148 valence electrons. The summed E-state index contributed by atoms with van der Waals surface area (Å²) < 4.78 is 0. The summed E-state index contributed by atoms with van der Waals surface area (Å²) in [7, 11) is 2.18. The van der Waals surface area contributed by atoms with Crippen molar-refractivity contribution in [1.82, 2.24) is 20.3 Å². The zero-order valence-corrected chi connectivity index (χ0v) is 16.6. The second kappa shape index (κ2) is 7.56. The molecular formula is C21H29N7. The van der Waals surface area contributed by atoms with Crippen LogP contribution >= 0.6 is 0 Å². The Morgan fingerprint density at radius 3 is 2.54 bits per heavy atom. The maximum atomic E-state index is 4.82. The number of piperazine rings is 1. The molecule has 0 unspecified atom stereocenters. The maximum Gasteiger partial charge on any atom is 0.229 e. The summed E-state index contributed by atoms with van der Waals surface area (Å²) in [5, 5.41) is 5.65. The number of rotatable bonds is 4. The van der Waals surface area contributed by atoms with E-state index in [0.29, 0.717) is 12.0 Å². The van der Waals surface area contributed by atoms with Crippen LogP contribution in [0.5, 0.6) is 0 Å². The van der Waals surface area contributed by atoms with Gasteiger partial charge in [0, 0.05) is 61.9 Å². The molecule has 2 fully saturated rings.